The lowest BCUT2D eigenvalue weighted by molar-refractivity contribution is -0.134. The summed E-state index contributed by atoms with van der Waals surface area (Å²) in [5.74, 6) is 0.616. The van der Waals surface area contributed by atoms with Gasteiger partial charge in [-0.2, -0.15) is 11.3 Å². The summed E-state index contributed by atoms with van der Waals surface area (Å²) < 4.78 is 0. The van der Waals surface area contributed by atoms with E-state index in [0.29, 0.717) is 11.2 Å². The van der Waals surface area contributed by atoms with Gasteiger partial charge in [0.25, 0.3) is 5.91 Å². The molecule has 1 aromatic heterocycles. The molecule has 31 heavy (non-hydrogen) atoms. The first kappa shape index (κ1) is 20.2. The molecule has 1 spiro atoms. The van der Waals surface area contributed by atoms with E-state index in [-0.39, 0.29) is 17.9 Å². The lowest BCUT2D eigenvalue weighted by Gasteiger charge is -2.57. The third-order valence-corrected chi connectivity index (χ3v) is 7.86. The minimum atomic E-state index is 0.0412. The Morgan fingerprint density at radius 2 is 1.61 bits per heavy atom. The van der Waals surface area contributed by atoms with E-state index in [9.17, 15) is 9.59 Å². The second-order valence-electron chi connectivity index (χ2n) is 9.34. The molecule has 0 atom stereocenters. The van der Waals surface area contributed by atoms with Crippen LogP contribution in [0.2, 0.25) is 0 Å². The number of ketones is 1. The highest BCUT2D eigenvalue weighted by atomic mass is 32.1. The molecule has 4 heteroatoms. The van der Waals surface area contributed by atoms with Crippen molar-refractivity contribution in [3.63, 3.8) is 0 Å². The number of hydrogen-bond acceptors (Lipinski definition) is 3. The SMILES string of the molecule is CC(=O)C1CC2(CC(NC(=O)c3cscc3Cc3ccc(-c4ccccc4)cc3)C2)C1. The van der Waals surface area contributed by atoms with Crippen molar-refractivity contribution in [1.29, 1.82) is 0 Å². The van der Waals surface area contributed by atoms with Crippen molar-refractivity contribution < 1.29 is 9.59 Å². The zero-order valence-electron chi connectivity index (χ0n) is 17.8. The molecule has 0 unspecified atom stereocenters. The van der Waals surface area contributed by atoms with Gasteiger partial charge in [0.05, 0.1) is 5.56 Å². The molecule has 0 saturated heterocycles. The van der Waals surface area contributed by atoms with E-state index in [2.05, 4.69) is 59.2 Å². The molecule has 2 saturated carbocycles. The average Bonchev–Trinajstić information content (AvgIpc) is 3.18. The van der Waals surface area contributed by atoms with Gasteiger partial charge in [-0.15, -0.1) is 0 Å². The summed E-state index contributed by atoms with van der Waals surface area (Å²) in [6.45, 7) is 1.70. The fourth-order valence-electron chi connectivity index (χ4n) is 5.28. The Hall–Kier alpha value is -2.72. The highest BCUT2D eigenvalue weighted by Crippen LogP contribution is 2.58. The number of carbonyl (C=O) groups is 2. The zero-order valence-corrected chi connectivity index (χ0v) is 18.6. The van der Waals surface area contributed by atoms with E-state index >= 15 is 0 Å². The minimum Gasteiger partial charge on any atom is -0.349 e. The predicted molar refractivity (Wildman–Crippen MR) is 125 cm³/mol. The van der Waals surface area contributed by atoms with Crippen molar-refractivity contribution in [3.8, 4) is 11.1 Å². The van der Waals surface area contributed by atoms with Crippen LogP contribution in [-0.2, 0) is 11.2 Å². The number of carbonyl (C=O) groups excluding carboxylic acids is 2. The Labute approximate surface area is 187 Å². The van der Waals surface area contributed by atoms with E-state index in [4.69, 9.17) is 0 Å². The van der Waals surface area contributed by atoms with E-state index in [1.165, 1.54) is 16.7 Å². The molecular weight excluding hydrogens is 402 g/mol. The van der Waals surface area contributed by atoms with Crippen LogP contribution >= 0.6 is 11.3 Å². The molecule has 158 valence electrons. The van der Waals surface area contributed by atoms with Gasteiger partial charge in [0.2, 0.25) is 0 Å². The lowest BCUT2D eigenvalue weighted by Crippen LogP contribution is -2.57. The Morgan fingerprint density at radius 1 is 0.935 bits per heavy atom. The van der Waals surface area contributed by atoms with E-state index in [1.807, 2.05) is 11.4 Å². The van der Waals surface area contributed by atoms with Crippen molar-refractivity contribution >= 4 is 23.0 Å². The number of Topliss-reactive ketones (excluding diaryl/α,β-unsaturated/α-hetero) is 1. The second kappa shape index (κ2) is 8.08. The minimum absolute atomic E-state index is 0.0412. The van der Waals surface area contributed by atoms with E-state index in [0.717, 1.165) is 43.2 Å². The number of nitrogens with one attached hydrogen (secondary N) is 1. The summed E-state index contributed by atoms with van der Waals surface area (Å²) in [5.41, 5.74) is 5.84. The molecule has 0 radical (unpaired) electrons. The van der Waals surface area contributed by atoms with Gasteiger partial charge < -0.3 is 5.32 Å². The third kappa shape index (κ3) is 4.09. The van der Waals surface area contributed by atoms with Crippen LogP contribution < -0.4 is 5.32 Å². The lowest BCUT2D eigenvalue weighted by atomic mass is 9.49. The maximum atomic E-state index is 12.9. The third-order valence-electron chi connectivity index (χ3n) is 7.07. The van der Waals surface area contributed by atoms with Crippen molar-refractivity contribution in [2.45, 2.75) is 45.1 Å². The Bertz CT molecular complexity index is 1090. The molecule has 5 rings (SSSR count). The fourth-order valence-corrected chi connectivity index (χ4v) is 6.12. The summed E-state index contributed by atoms with van der Waals surface area (Å²) in [6, 6.07) is 19.2. The molecule has 0 bridgehead atoms. The van der Waals surface area contributed by atoms with Crippen molar-refractivity contribution in [2.24, 2.45) is 11.3 Å². The maximum Gasteiger partial charge on any atom is 0.252 e. The topological polar surface area (TPSA) is 46.2 Å². The summed E-state index contributed by atoms with van der Waals surface area (Å²) in [7, 11) is 0. The van der Waals surface area contributed by atoms with Gasteiger partial charge in [0, 0.05) is 17.3 Å². The Kier molecular flexibility index (Phi) is 5.27. The van der Waals surface area contributed by atoms with Crippen molar-refractivity contribution in [1.82, 2.24) is 5.32 Å². The molecule has 1 amide bonds. The maximum absolute atomic E-state index is 12.9. The van der Waals surface area contributed by atoms with Gasteiger partial charge in [-0.3, -0.25) is 9.59 Å². The van der Waals surface area contributed by atoms with Gasteiger partial charge in [-0.25, -0.2) is 0 Å². The molecular formula is C27H27NO2S. The standard InChI is InChI=1S/C27H27NO2S/c1-18(29)23-12-27(13-23)14-24(15-27)28-26(30)25-17-31-16-22(25)11-19-7-9-21(10-8-19)20-5-3-2-4-6-20/h2-10,16-17,23-24H,11-15H2,1H3,(H,28,30). The van der Waals surface area contributed by atoms with Crippen LogP contribution in [0, 0.1) is 11.3 Å². The van der Waals surface area contributed by atoms with Crippen LogP contribution in [0.25, 0.3) is 11.1 Å². The number of thiophene rings is 1. The number of hydrogen-bond donors (Lipinski definition) is 1. The molecule has 2 aromatic carbocycles. The Balaban J connectivity index is 1.18. The first-order chi connectivity index (χ1) is 15.0. The second-order valence-corrected chi connectivity index (χ2v) is 10.1. The normalized spacial score (nSPS) is 24.3. The van der Waals surface area contributed by atoms with Crippen LogP contribution in [0.3, 0.4) is 0 Å². The molecule has 1 N–H and O–H groups in total. The van der Waals surface area contributed by atoms with Gasteiger partial charge in [-0.05, 0) is 72.1 Å². The van der Waals surface area contributed by atoms with Crippen LogP contribution in [0.15, 0.2) is 65.4 Å². The van der Waals surface area contributed by atoms with Gasteiger partial charge in [0.15, 0.2) is 0 Å². The van der Waals surface area contributed by atoms with E-state index in [1.54, 1.807) is 18.3 Å². The highest BCUT2D eigenvalue weighted by molar-refractivity contribution is 7.08. The predicted octanol–water partition coefficient (Wildman–Crippen LogP) is 5.88. The molecule has 0 aliphatic heterocycles. The monoisotopic (exact) mass is 429 g/mol. The van der Waals surface area contributed by atoms with Gasteiger partial charge >= 0.3 is 0 Å². The smallest absolute Gasteiger partial charge is 0.252 e. The molecule has 1 heterocycles. The summed E-state index contributed by atoms with van der Waals surface area (Å²) in [6.07, 6.45) is 4.82. The van der Waals surface area contributed by atoms with Gasteiger partial charge in [0.1, 0.15) is 5.78 Å². The first-order valence-electron chi connectivity index (χ1n) is 11.0. The molecule has 3 nitrogen and oxygen atoms in total. The molecule has 2 aliphatic carbocycles. The summed E-state index contributed by atoms with van der Waals surface area (Å²) in [5, 5.41) is 7.28. The average molecular weight is 430 g/mol. The van der Waals surface area contributed by atoms with Crippen LogP contribution in [0.1, 0.15) is 54.1 Å². The molecule has 2 aliphatic rings. The number of rotatable bonds is 6. The fraction of sp³-hybridized carbons (Fsp3) is 0.333. The summed E-state index contributed by atoms with van der Waals surface area (Å²) in [4.78, 5) is 24.4. The van der Waals surface area contributed by atoms with Gasteiger partial charge in [-0.1, -0.05) is 54.6 Å². The zero-order chi connectivity index (χ0) is 21.4. The van der Waals surface area contributed by atoms with Crippen LogP contribution in [-0.4, -0.2) is 17.7 Å². The number of amides is 1. The number of benzene rings is 2. The first-order valence-corrected chi connectivity index (χ1v) is 12.0. The molecule has 3 aromatic rings. The quantitative estimate of drug-likeness (QED) is 0.532. The summed E-state index contributed by atoms with van der Waals surface area (Å²) >= 11 is 1.59. The van der Waals surface area contributed by atoms with Crippen LogP contribution in [0.4, 0.5) is 0 Å². The Morgan fingerprint density at radius 3 is 2.29 bits per heavy atom. The largest absolute Gasteiger partial charge is 0.349 e. The molecule has 2 fully saturated rings. The van der Waals surface area contributed by atoms with Crippen molar-refractivity contribution in [2.75, 3.05) is 0 Å². The van der Waals surface area contributed by atoms with E-state index < -0.39 is 0 Å². The van der Waals surface area contributed by atoms with Crippen molar-refractivity contribution in [3.05, 3.63) is 82.0 Å². The highest BCUT2D eigenvalue weighted by Gasteiger charge is 2.54. The van der Waals surface area contributed by atoms with Crippen LogP contribution in [0.5, 0.6) is 0 Å².